The maximum Gasteiger partial charge on any atom is 0.173 e. The quantitative estimate of drug-likeness (QED) is 0.832. The van der Waals surface area contributed by atoms with E-state index in [-0.39, 0.29) is 5.82 Å². The Morgan fingerprint density at radius 2 is 1.77 bits per heavy atom. The predicted octanol–water partition coefficient (Wildman–Crippen LogP) is 4.31. The summed E-state index contributed by atoms with van der Waals surface area (Å²) in [4.78, 5) is 2.12. The minimum Gasteiger partial charge on any atom is -0.345 e. The molecule has 2 aromatic rings. The van der Waals surface area contributed by atoms with Crippen molar-refractivity contribution in [3.63, 3.8) is 0 Å². The van der Waals surface area contributed by atoms with E-state index in [9.17, 15) is 4.39 Å². The van der Waals surface area contributed by atoms with E-state index in [1.807, 2.05) is 6.07 Å². The van der Waals surface area contributed by atoms with Crippen LogP contribution in [0.15, 0.2) is 60.7 Å². The van der Waals surface area contributed by atoms with Gasteiger partial charge in [-0.05, 0) is 54.0 Å². The molecule has 0 spiro atoms. The number of halogens is 1. The first-order valence-corrected chi connectivity index (χ1v) is 7.69. The van der Waals surface area contributed by atoms with Gasteiger partial charge in [0.25, 0.3) is 0 Å². The highest BCUT2D eigenvalue weighted by molar-refractivity contribution is 7.80. The zero-order valence-electron chi connectivity index (χ0n) is 12.1. The van der Waals surface area contributed by atoms with Crippen molar-refractivity contribution < 1.29 is 4.39 Å². The molecule has 0 saturated carbocycles. The molecule has 4 heteroatoms. The third-order valence-electron chi connectivity index (χ3n) is 3.74. The van der Waals surface area contributed by atoms with Gasteiger partial charge in [0, 0.05) is 18.8 Å². The van der Waals surface area contributed by atoms with Crippen molar-refractivity contribution >= 4 is 28.6 Å². The van der Waals surface area contributed by atoms with Crippen molar-refractivity contribution in [1.29, 1.82) is 0 Å². The van der Waals surface area contributed by atoms with Crippen LogP contribution in [0.3, 0.4) is 0 Å². The molecule has 112 valence electrons. The number of benzene rings is 2. The Morgan fingerprint density at radius 1 is 1.05 bits per heavy atom. The first-order valence-electron chi connectivity index (χ1n) is 7.28. The normalized spacial score (nSPS) is 14.4. The van der Waals surface area contributed by atoms with Crippen LogP contribution in [0.5, 0.6) is 0 Å². The molecular weight excluding hydrogens is 295 g/mol. The van der Waals surface area contributed by atoms with Gasteiger partial charge >= 0.3 is 0 Å². The van der Waals surface area contributed by atoms with E-state index in [0.717, 1.165) is 25.2 Å². The van der Waals surface area contributed by atoms with Crippen LogP contribution in [0.25, 0.3) is 5.57 Å². The molecule has 1 aliphatic rings. The maximum absolute atomic E-state index is 12.9. The summed E-state index contributed by atoms with van der Waals surface area (Å²) in [7, 11) is 0. The van der Waals surface area contributed by atoms with E-state index >= 15 is 0 Å². The standard InChI is InChI=1S/C18H17FN2S/c19-16-6-8-17(9-7-16)20-18(22)21-12-10-15(11-13-21)14-4-2-1-3-5-14/h1-10H,11-13H2,(H,20,22). The number of rotatable bonds is 2. The van der Waals surface area contributed by atoms with Crippen LogP contribution in [0.4, 0.5) is 10.1 Å². The first kappa shape index (κ1) is 14.7. The average Bonchev–Trinajstić information content (AvgIpc) is 2.58. The lowest BCUT2D eigenvalue weighted by Gasteiger charge is -2.29. The van der Waals surface area contributed by atoms with Gasteiger partial charge in [0.1, 0.15) is 5.82 Å². The number of hydrogen-bond acceptors (Lipinski definition) is 1. The summed E-state index contributed by atoms with van der Waals surface area (Å²) >= 11 is 5.44. The second-order valence-electron chi connectivity index (χ2n) is 5.23. The summed E-state index contributed by atoms with van der Waals surface area (Å²) in [6, 6.07) is 16.7. The van der Waals surface area contributed by atoms with Gasteiger partial charge in [-0.25, -0.2) is 4.39 Å². The second-order valence-corrected chi connectivity index (χ2v) is 5.62. The smallest absolute Gasteiger partial charge is 0.173 e. The van der Waals surface area contributed by atoms with Gasteiger partial charge < -0.3 is 10.2 Å². The van der Waals surface area contributed by atoms with Gasteiger partial charge in [0.15, 0.2) is 5.11 Å². The molecule has 0 saturated heterocycles. The molecule has 0 aliphatic carbocycles. The van der Waals surface area contributed by atoms with Gasteiger partial charge in [-0.15, -0.1) is 0 Å². The summed E-state index contributed by atoms with van der Waals surface area (Å²) in [6.07, 6.45) is 3.19. The molecule has 1 N–H and O–H groups in total. The van der Waals surface area contributed by atoms with Gasteiger partial charge in [0.2, 0.25) is 0 Å². The molecule has 22 heavy (non-hydrogen) atoms. The molecule has 0 bridgehead atoms. The number of nitrogens with one attached hydrogen (secondary N) is 1. The van der Waals surface area contributed by atoms with Crippen LogP contribution in [-0.4, -0.2) is 23.1 Å². The minimum atomic E-state index is -0.245. The van der Waals surface area contributed by atoms with Crippen molar-refractivity contribution in [3.8, 4) is 0 Å². The lowest BCUT2D eigenvalue weighted by Crippen LogP contribution is -2.37. The van der Waals surface area contributed by atoms with Gasteiger partial charge in [-0.2, -0.15) is 0 Å². The molecule has 0 aromatic heterocycles. The lowest BCUT2D eigenvalue weighted by molar-refractivity contribution is 0.466. The molecule has 0 amide bonds. The molecule has 3 rings (SSSR count). The Balaban J connectivity index is 1.62. The number of anilines is 1. The SMILES string of the molecule is Fc1ccc(NC(=S)N2CC=C(c3ccccc3)CC2)cc1. The Morgan fingerprint density at radius 3 is 2.41 bits per heavy atom. The minimum absolute atomic E-state index is 0.245. The molecule has 2 nitrogen and oxygen atoms in total. The molecule has 0 radical (unpaired) electrons. The summed E-state index contributed by atoms with van der Waals surface area (Å²) in [5, 5.41) is 3.83. The van der Waals surface area contributed by atoms with Crippen LogP contribution in [0.1, 0.15) is 12.0 Å². The fraction of sp³-hybridized carbons (Fsp3) is 0.167. The fourth-order valence-corrected chi connectivity index (χ4v) is 2.79. The Bertz CT molecular complexity index is 680. The van der Waals surface area contributed by atoms with Crippen LogP contribution < -0.4 is 5.32 Å². The zero-order valence-corrected chi connectivity index (χ0v) is 12.9. The zero-order chi connectivity index (χ0) is 15.4. The van der Waals surface area contributed by atoms with Crippen LogP contribution >= 0.6 is 12.2 Å². The molecule has 0 atom stereocenters. The third kappa shape index (κ3) is 3.52. The van der Waals surface area contributed by atoms with Crippen LogP contribution in [0.2, 0.25) is 0 Å². The summed E-state index contributed by atoms with van der Waals surface area (Å²) in [5.74, 6) is -0.245. The van der Waals surface area contributed by atoms with Crippen molar-refractivity contribution in [1.82, 2.24) is 4.90 Å². The van der Waals surface area contributed by atoms with Crippen molar-refractivity contribution in [3.05, 3.63) is 72.1 Å². The van der Waals surface area contributed by atoms with E-state index in [2.05, 4.69) is 40.6 Å². The number of thiocarbonyl (C=S) groups is 1. The number of nitrogens with zero attached hydrogens (tertiary/aromatic N) is 1. The molecule has 1 heterocycles. The molecular formula is C18H17FN2S. The van der Waals surface area contributed by atoms with E-state index in [1.165, 1.54) is 23.3 Å². The van der Waals surface area contributed by atoms with E-state index in [4.69, 9.17) is 12.2 Å². The van der Waals surface area contributed by atoms with E-state index < -0.39 is 0 Å². The summed E-state index contributed by atoms with van der Waals surface area (Å²) in [5.41, 5.74) is 3.45. The van der Waals surface area contributed by atoms with Crippen molar-refractivity contribution in [2.45, 2.75) is 6.42 Å². The van der Waals surface area contributed by atoms with Gasteiger partial charge in [0.05, 0.1) is 0 Å². The van der Waals surface area contributed by atoms with E-state index in [0.29, 0.717) is 5.11 Å². The Kier molecular flexibility index (Phi) is 4.49. The van der Waals surface area contributed by atoms with E-state index in [1.54, 1.807) is 12.1 Å². The summed E-state index contributed by atoms with van der Waals surface area (Å²) in [6.45, 7) is 1.67. The summed E-state index contributed by atoms with van der Waals surface area (Å²) < 4.78 is 12.9. The van der Waals surface area contributed by atoms with Crippen LogP contribution in [-0.2, 0) is 0 Å². The van der Waals surface area contributed by atoms with Gasteiger partial charge in [-0.3, -0.25) is 0 Å². The second kappa shape index (κ2) is 6.71. The predicted molar refractivity (Wildman–Crippen MR) is 93.2 cm³/mol. The fourth-order valence-electron chi connectivity index (χ4n) is 2.50. The highest BCUT2D eigenvalue weighted by Gasteiger charge is 2.15. The lowest BCUT2D eigenvalue weighted by atomic mass is 10.00. The molecule has 2 aromatic carbocycles. The monoisotopic (exact) mass is 312 g/mol. The Labute approximate surface area is 135 Å². The average molecular weight is 312 g/mol. The molecule has 0 fully saturated rings. The highest BCUT2D eigenvalue weighted by Crippen LogP contribution is 2.22. The van der Waals surface area contributed by atoms with Crippen LogP contribution in [0, 0.1) is 5.82 Å². The van der Waals surface area contributed by atoms with Crippen molar-refractivity contribution in [2.75, 3.05) is 18.4 Å². The molecule has 0 unspecified atom stereocenters. The molecule has 1 aliphatic heterocycles. The highest BCUT2D eigenvalue weighted by atomic mass is 32.1. The third-order valence-corrected chi connectivity index (χ3v) is 4.10. The van der Waals surface area contributed by atoms with Gasteiger partial charge in [-0.1, -0.05) is 36.4 Å². The first-order chi connectivity index (χ1) is 10.7. The maximum atomic E-state index is 12.9. The topological polar surface area (TPSA) is 15.3 Å². The van der Waals surface area contributed by atoms with Crippen molar-refractivity contribution in [2.24, 2.45) is 0 Å². The Hall–Kier alpha value is -2.20. The number of hydrogen-bond donors (Lipinski definition) is 1. The largest absolute Gasteiger partial charge is 0.345 e.